The molecule has 4 aromatic rings. The van der Waals surface area contributed by atoms with Gasteiger partial charge >= 0.3 is 0 Å². The monoisotopic (exact) mass is 445 g/mol. The Bertz CT molecular complexity index is 1200. The number of hydrogen-bond acceptors (Lipinski definition) is 3. The van der Waals surface area contributed by atoms with Gasteiger partial charge in [0.15, 0.2) is 0 Å². The van der Waals surface area contributed by atoms with E-state index >= 15 is 0 Å². The summed E-state index contributed by atoms with van der Waals surface area (Å²) in [6, 6.07) is 13.6. The van der Waals surface area contributed by atoms with Gasteiger partial charge in [0.05, 0.1) is 0 Å². The predicted molar refractivity (Wildman–Crippen MR) is 131 cm³/mol. The molecule has 2 aromatic carbocycles. The summed E-state index contributed by atoms with van der Waals surface area (Å²) in [5, 5.41) is 1.31. The predicted octanol–water partition coefficient (Wildman–Crippen LogP) is 4.59. The molecular formula is C27H32FN5. The molecule has 5 nitrogen and oxygen atoms in total. The van der Waals surface area contributed by atoms with Gasteiger partial charge in [0.1, 0.15) is 11.6 Å². The van der Waals surface area contributed by atoms with Gasteiger partial charge in [0, 0.05) is 67.9 Å². The van der Waals surface area contributed by atoms with Gasteiger partial charge in [0.25, 0.3) is 0 Å². The maximum absolute atomic E-state index is 13.4. The Kier molecular flexibility index (Phi) is 6.55. The molecule has 0 aliphatic carbocycles. The van der Waals surface area contributed by atoms with Gasteiger partial charge in [-0.15, -0.1) is 0 Å². The molecule has 0 saturated carbocycles. The van der Waals surface area contributed by atoms with E-state index in [9.17, 15) is 4.39 Å². The Hall–Kier alpha value is -2.96. The Morgan fingerprint density at radius 3 is 2.55 bits per heavy atom. The average molecular weight is 446 g/mol. The molecule has 6 heteroatoms. The number of aromatic nitrogens is 3. The third-order valence-corrected chi connectivity index (χ3v) is 6.85. The van der Waals surface area contributed by atoms with Crippen LogP contribution in [0.3, 0.4) is 0 Å². The third kappa shape index (κ3) is 5.18. The van der Waals surface area contributed by atoms with Gasteiger partial charge in [0.2, 0.25) is 0 Å². The van der Waals surface area contributed by atoms with Gasteiger partial charge in [-0.25, -0.2) is 9.37 Å². The number of piperazine rings is 1. The van der Waals surface area contributed by atoms with Crippen molar-refractivity contribution in [2.24, 2.45) is 0 Å². The SMILES string of the molecule is Cc1nccn1-c1ccc2[nH]cc(CCCN3CCN(CCc4cccc(F)c4)CC3)c2c1. The number of benzene rings is 2. The van der Waals surface area contributed by atoms with Crippen LogP contribution in [0.5, 0.6) is 0 Å². The first kappa shape index (κ1) is 21.9. The van der Waals surface area contributed by atoms with E-state index in [4.69, 9.17) is 0 Å². The lowest BCUT2D eigenvalue weighted by atomic mass is 10.1. The highest BCUT2D eigenvalue weighted by Crippen LogP contribution is 2.23. The third-order valence-electron chi connectivity index (χ3n) is 6.85. The van der Waals surface area contributed by atoms with Crippen molar-refractivity contribution >= 4 is 10.9 Å². The minimum Gasteiger partial charge on any atom is -0.361 e. The Morgan fingerprint density at radius 1 is 0.970 bits per heavy atom. The molecule has 1 N–H and O–H groups in total. The smallest absolute Gasteiger partial charge is 0.123 e. The fraction of sp³-hybridized carbons (Fsp3) is 0.370. The molecule has 3 heterocycles. The maximum Gasteiger partial charge on any atom is 0.123 e. The summed E-state index contributed by atoms with van der Waals surface area (Å²) in [7, 11) is 0. The summed E-state index contributed by atoms with van der Waals surface area (Å²) in [5.74, 6) is 0.863. The number of halogens is 1. The van der Waals surface area contributed by atoms with Crippen molar-refractivity contribution < 1.29 is 4.39 Å². The molecule has 0 spiro atoms. The summed E-state index contributed by atoms with van der Waals surface area (Å²) >= 11 is 0. The molecule has 1 saturated heterocycles. The van der Waals surface area contributed by atoms with Crippen molar-refractivity contribution in [3.05, 3.63) is 83.8 Å². The van der Waals surface area contributed by atoms with Crippen LogP contribution in [0.2, 0.25) is 0 Å². The number of imidazole rings is 1. The minimum absolute atomic E-state index is 0.138. The van der Waals surface area contributed by atoms with Crippen LogP contribution in [0.4, 0.5) is 4.39 Å². The average Bonchev–Trinajstić information content (AvgIpc) is 3.44. The Balaban J connectivity index is 1.10. The summed E-state index contributed by atoms with van der Waals surface area (Å²) in [6.45, 7) is 8.58. The highest BCUT2D eigenvalue weighted by molar-refractivity contribution is 5.85. The summed E-state index contributed by atoms with van der Waals surface area (Å²) in [5.41, 5.74) is 4.83. The molecule has 172 valence electrons. The zero-order valence-corrected chi connectivity index (χ0v) is 19.3. The summed E-state index contributed by atoms with van der Waals surface area (Å²) in [4.78, 5) is 12.9. The fourth-order valence-electron chi connectivity index (χ4n) is 4.88. The summed E-state index contributed by atoms with van der Waals surface area (Å²) < 4.78 is 15.5. The van der Waals surface area contributed by atoms with Gasteiger partial charge in [-0.05, 0) is 74.2 Å². The second-order valence-electron chi connectivity index (χ2n) is 9.06. The largest absolute Gasteiger partial charge is 0.361 e. The van der Waals surface area contributed by atoms with Crippen molar-refractivity contribution in [1.82, 2.24) is 24.3 Å². The number of nitrogens with zero attached hydrogens (tertiary/aromatic N) is 4. The van der Waals surface area contributed by atoms with Gasteiger partial charge in [-0.1, -0.05) is 12.1 Å². The molecule has 0 atom stereocenters. The number of H-pyrrole nitrogens is 1. The van der Waals surface area contributed by atoms with Crippen LogP contribution in [-0.4, -0.2) is 63.6 Å². The quantitative estimate of drug-likeness (QED) is 0.431. The van der Waals surface area contributed by atoms with Crippen LogP contribution in [0.15, 0.2) is 61.1 Å². The molecule has 1 aliphatic rings. The lowest BCUT2D eigenvalue weighted by molar-refractivity contribution is 0.132. The van der Waals surface area contributed by atoms with E-state index in [1.807, 2.05) is 25.4 Å². The first-order valence-corrected chi connectivity index (χ1v) is 12.0. The number of nitrogens with one attached hydrogen (secondary N) is 1. The molecule has 1 fully saturated rings. The number of aromatic amines is 1. The van der Waals surface area contributed by atoms with Gasteiger partial charge < -0.3 is 19.4 Å². The second kappa shape index (κ2) is 9.89. The minimum atomic E-state index is -0.138. The topological polar surface area (TPSA) is 40.1 Å². The highest BCUT2D eigenvalue weighted by atomic mass is 19.1. The first-order valence-electron chi connectivity index (χ1n) is 12.0. The Morgan fingerprint density at radius 2 is 1.79 bits per heavy atom. The van der Waals surface area contributed by atoms with Crippen molar-refractivity contribution in [3.63, 3.8) is 0 Å². The van der Waals surface area contributed by atoms with E-state index < -0.39 is 0 Å². The number of hydrogen-bond donors (Lipinski definition) is 1. The molecule has 0 unspecified atom stereocenters. The lowest BCUT2D eigenvalue weighted by Crippen LogP contribution is -2.47. The fourth-order valence-corrected chi connectivity index (χ4v) is 4.88. The van der Waals surface area contributed by atoms with Gasteiger partial charge in [-0.2, -0.15) is 0 Å². The maximum atomic E-state index is 13.4. The van der Waals surface area contributed by atoms with Gasteiger partial charge in [-0.3, -0.25) is 0 Å². The first-order chi connectivity index (χ1) is 16.2. The van der Waals surface area contributed by atoms with E-state index in [2.05, 4.69) is 48.7 Å². The van der Waals surface area contributed by atoms with Crippen molar-refractivity contribution in [2.75, 3.05) is 39.3 Å². The molecular weight excluding hydrogens is 413 g/mol. The molecule has 0 bridgehead atoms. The van der Waals surface area contributed by atoms with E-state index in [-0.39, 0.29) is 5.82 Å². The highest BCUT2D eigenvalue weighted by Gasteiger charge is 2.16. The molecule has 2 aromatic heterocycles. The molecule has 33 heavy (non-hydrogen) atoms. The van der Waals surface area contributed by atoms with E-state index in [0.717, 1.165) is 75.6 Å². The van der Waals surface area contributed by atoms with Crippen LogP contribution in [0.25, 0.3) is 16.6 Å². The molecule has 5 rings (SSSR count). The molecule has 0 amide bonds. The standard InChI is InChI=1S/C27H32FN5/c1-21-29-10-13-33(21)25-7-8-27-26(19-25)23(20-30-27)5-3-11-31-14-16-32(17-15-31)12-9-22-4-2-6-24(28)18-22/h2,4,6-8,10,13,18-20,30H,3,5,9,11-12,14-17H2,1H3. The lowest BCUT2D eigenvalue weighted by Gasteiger charge is -2.34. The van der Waals surface area contributed by atoms with Crippen LogP contribution in [0, 0.1) is 12.7 Å². The zero-order chi connectivity index (χ0) is 22.6. The van der Waals surface area contributed by atoms with Crippen LogP contribution < -0.4 is 0 Å². The second-order valence-corrected chi connectivity index (χ2v) is 9.06. The normalized spacial score (nSPS) is 15.5. The number of aryl methyl sites for hydroxylation is 2. The zero-order valence-electron chi connectivity index (χ0n) is 19.3. The van der Waals surface area contributed by atoms with E-state index in [0.29, 0.717) is 0 Å². The molecule has 1 aliphatic heterocycles. The van der Waals surface area contributed by atoms with Crippen molar-refractivity contribution in [3.8, 4) is 5.69 Å². The van der Waals surface area contributed by atoms with Crippen LogP contribution >= 0.6 is 0 Å². The van der Waals surface area contributed by atoms with Crippen molar-refractivity contribution in [2.45, 2.75) is 26.2 Å². The van der Waals surface area contributed by atoms with Crippen molar-refractivity contribution in [1.29, 1.82) is 0 Å². The number of fused-ring (bicyclic) bond motifs is 1. The molecule has 0 radical (unpaired) electrons. The van der Waals surface area contributed by atoms with Crippen LogP contribution in [0.1, 0.15) is 23.4 Å². The van der Waals surface area contributed by atoms with Crippen LogP contribution in [-0.2, 0) is 12.8 Å². The van der Waals surface area contributed by atoms with E-state index in [1.54, 1.807) is 12.1 Å². The number of rotatable bonds is 8. The van der Waals surface area contributed by atoms with E-state index in [1.165, 1.54) is 22.5 Å². The summed E-state index contributed by atoms with van der Waals surface area (Å²) in [6.07, 6.45) is 9.18. The Labute approximate surface area is 194 Å².